The summed E-state index contributed by atoms with van der Waals surface area (Å²) in [6.07, 6.45) is 4.08. The third-order valence-corrected chi connectivity index (χ3v) is 4.31. The van der Waals surface area contributed by atoms with Crippen molar-refractivity contribution in [1.29, 1.82) is 5.26 Å². The van der Waals surface area contributed by atoms with Gasteiger partial charge in [-0.25, -0.2) is 9.97 Å². The SMILES string of the molecule is CCc1cc(N(C)CCCc2[nH]nc(N)c2C#N)nc(-c2ccccn2)n1. The molecule has 0 spiro atoms. The Kier molecular flexibility index (Phi) is 5.61. The first-order valence-electron chi connectivity index (χ1n) is 8.85. The number of aromatic nitrogens is 5. The number of nitrogen functional groups attached to an aromatic ring is 1. The third kappa shape index (κ3) is 4.20. The second-order valence-electron chi connectivity index (χ2n) is 6.21. The summed E-state index contributed by atoms with van der Waals surface area (Å²) in [7, 11) is 2.00. The molecule has 27 heavy (non-hydrogen) atoms. The quantitative estimate of drug-likeness (QED) is 0.662. The summed E-state index contributed by atoms with van der Waals surface area (Å²) in [4.78, 5) is 15.7. The summed E-state index contributed by atoms with van der Waals surface area (Å²) in [6.45, 7) is 2.84. The van der Waals surface area contributed by atoms with Gasteiger partial charge in [-0.05, 0) is 31.4 Å². The molecule has 0 amide bonds. The molecule has 8 heteroatoms. The monoisotopic (exact) mass is 362 g/mol. The molecule has 3 N–H and O–H groups in total. The number of nitrogens with two attached hydrogens (primary N) is 1. The van der Waals surface area contributed by atoms with E-state index < -0.39 is 0 Å². The fourth-order valence-corrected chi connectivity index (χ4v) is 2.78. The van der Waals surface area contributed by atoms with Gasteiger partial charge in [-0.15, -0.1) is 0 Å². The Bertz CT molecular complexity index is 942. The van der Waals surface area contributed by atoms with Gasteiger partial charge in [0.05, 0.1) is 5.69 Å². The van der Waals surface area contributed by atoms with Crippen LogP contribution in [0.3, 0.4) is 0 Å². The zero-order valence-electron chi connectivity index (χ0n) is 15.5. The molecule has 0 saturated carbocycles. The van der Waals surface area contributed by atoms with E-state index in [1.165, 1.54) is 0 Å². The number of nitriles is 1. The summed E-state index contributed by atoms with van der Waals surface area (Å²) < 4.78 is 0. The van der Waals surface area contributed by atoms with Gasteiger partial charge in [-0.1, -0.05) is 13.0 Å². The summed E-state index contributed by atoms with van der Waals surface area (Å²) in [5.74, 6) is 1.74. The van der Waals surface area contributed by atoms with Crippen LogP contribution in [0.1, 0.15) is 30.3 Å². The van der Waals surface area contributed by atoms with Gasteiger partial charge in [0.15, 0.2) is 11.6 Å². The maximum atomic E-state index is 9.15. The van der Waals surface area contributed by atoms with E-state index in [0.29, 0.717) is 17.8 Å². The van der Waals surface area contributed by atoms with E-state index in [-0.39, 0.29) is 5.82 Å². The number of hydrogen-bond acceptors (Lipinski definition) is 7. The van der Waals surface area contributed by atoms with Crippen LogP contribution < -0.4 is 10.6 Å². The molecule has 0 aliphatic heterocycles. The molecule has 138 valence electrons. The molecule has 3 aromatic heterocycles. The van der Waals surface area contributed by atoms with Crippen molar-refractivity contribution >= 4 is 11.6 Å². The van der Waals surface area contributed by atoms with Crippen molar-refractivity contribution in [2.24, 2.45) is 0 Å². The Morgan fingerprint density at radius 1 is 1.30 bits per heavy atom. The van der Waals surface area contributed by atoms with E-state index in [4.69, 9.17) is 11.0 Å². The van der Waals surface area contributed by atoms with Crippen molar-refractivity contribution in [2.75, 3.05) is 24.2 Å². The van der Waals surface area contributed by atoms with E-state index in [1.807, 2.05) is 31.3 Å². The average Bonchev–Trinajstić information content (AvgIpc) is 3.07. The van der Waals surface area contributed by atoms with Crippen molar-refractivity contribution in [3.8, 4) is 17.6 Å². The van der Waals surface area contributed by atoms with Gasteiger partial charge >= 0.3 is 0 Å². The summed E-state index contributed by atoms with van der Waals surface area (Å²) in [6, 6.07) is 9.80. The van der Waals surface area contributed by atoms with Gasteiger partial charge in [0.25, 0.3) is 0 Å². The molecule has 3 heterocycles. The molecule has 8 nitrogen and oxygen atoms in total. The number of H-pyrrole nitrogens is 1. The first-order chi connectivity index (χ1) is 13.1. The maximum Gasteiger partial charge on any atom is 0.180 e. The lowest BCUT2D eigenvalue weighted by atomic mass is 10.1. The molecule has 0 fully saturated rings. The van der Waals surface area contributed by atoms with E-state index in [2.05, 4.69) is 43.0 Å². The summed E-state index contributed by atoms with van der Waals surface area (Å²) in [5.41, 5.74) is 8.62. The zero-order valence-corrected chi connectivity index (χ0v) is 15.5. The number of nitrogens with one attached hydrogen (secondary N) is 1. The Morgan fingerprint density at radius 2 is 2.15 bits per heavy atom. The fourth-order valence-electron chi connectivity index (χ4n) is 2.78. The number of anilines is 2. The Balaban J connectivity index is 1.72. The second kappa shape index (κ2) is 8.27. The molecular formula is C19H22N8. The largest absolute Gasteiger partial charge is 0.381 e. The number of aromatic amines is 1. The predicted molar refractivity (Wildman–Crippen MR) is 104 cm³/mol. The van der Waals surface area contributed by atoms with Gasteiger partial charge < -0.3 is 10.6 Å². The average molecular weight is 362 g/mol. The molecular weight excluding hydrogens is 340 g/mol. The molecule has 0 aliphatic carbocycles. The van der Waals surface area contributed by atoms with Crippen LogP contribution >= 0.6 is 0 Å². The minimum atomic E-state index is 0.254. The molecule has 0 aliphatic rings. The minimum absolute atomic E-state index is 0.254. The Hall–Kier alpha value is -3.47. The maximum absolute atomic E-state index is 9.15. The molecule has 0 radical (unpaired) electrons. The van der Waals surface area contributed by atoms with Crippen LogP contribution in [0.15, 0.2) is 30.5 Å². The lowest BCUT2D eigenvalue weighted by molar-refractivity contribution is 0.757. The van der Waals surface area contributed by atoms with E-state index in [9.17, 15) is 0 Å². The van der Waals surface area contributed by atoms with Gasteiger partial charge in [-0.3, -0.25) is 10.1 Å². The fraction of sp³-hybridized carbons (Fsp3) is 0.316. The Morgan fingerprint density at radius 3 is 2.85 bits per heavy atom. The van der Waals surface area contributed by atoms with Crippen molar-refractivity contribution in [3.63, 3.8) is 0 Å². The molecule has 0 aromatic carbocycles. The normalized spacial score (nSPS) is 10.6. The highest BCUT2D eigenvalue weighted by molar-refractivity contribution is 5.54. The molecule has 0 saturated heterocycles. The van der Waals surface area contributed by atoms with Gasteiger partial charge in [-0.2, -0.15) is 10.4 Å². The predicted octanol–water partition coefficient (Wildman–Crippen LogP) is 2.35. The standard InChI is InChI=1S/C19H22N8/c1-3-13-11-17(24-19(23-13)16-7-4-5-9-22-16)27(2)10-6-8-15-14(12-20)18(21)26-25-15/h4-5,7,9,11H,3,6,8,10H2,1-2H3,(H3,21,25,26). The molecule has 3 aromatic rings. The molecule has 0 bridgehead atoms. The van der Waals surface area contributed by atoms with Crippen molar-refractivity contribution in [1.82, 2.24) is 25.1 Å². The number of hydrogen-bond donors (Lipinski definition) is 2. The van der Waals surface area contributed by atoms with Crippen LogP contribution in [0.25, 0.3) is 11.5 Å². The van der Waals surface area contributed by atoms with E-state index >= 15 is 0 Å². The Labute approximate surface area is 158 Å². The van der Waals surface area contributed by atoms with E-state index in [1.54, 1.807) is 6.20 Å². The van der Waals surface area contributed by atoms with Gasteiger partial charge in [0, 0.05) is 31.5 Å². The highest BCUT2D eigenvalue weighted by atomic mass is 15.2. The second-order valence-corrected chi connectivity index (χ2v) is 6.21. The topological polar surface area (TPSA) is 120 Å². The number of nitrogens with zero attached hydrogens (tertiary/aromatic N) is 6. The number of rotatable bonds is 7. The smallest absolute Gasteiger partial charge is 0.180 e. The summed E-state index contributed by atoms with van der Waals surface area (Å²) >= 11 is 0. The first-order valence-corrected chi connectivity index (χ1v) is 8.85. The van der Waals surface area contributed by atoms with Crippen molar-refractivity contribution in [3.05, 3.63) is 47.4 Å². The van der Waals surface area contributed by atoms with Crippen LogP contribution in [0, 0.1) is 11.3 Å². The lowest BCUT2D eigenvalue weighted by Gasteiger charge is -2.19. The lowest BCUT2D eigenvalue weighted by Crippen LogP contribution is -2.21. The van der Waals surface area contributed by atoms with E-state index in [0.717, 1.165) is 42.3 Å². The van der Waals surface area contributed by atoms with Crippen molar-refractivity contribution < 1.29 is 0 Å². The number of aryl methyl sites for hydroxylation is 2. The molecule has 3 rings (SSSR count). The third-order valence-electron chi connectivity index (χ3n) is 4.31. The number of pyridine rings is 1. The van der Waals surface area contributed by atoms with Crippen LogP contribution in [0.2, 0.25) is 0 Å². The minimum Gasteiger partial charge on any atom is -0.381 e. The molecule has 0 atom stereocenters. The van der Waals surface area contributed by atoms with Gasteiger partial charge in [0.1, 0.15) is 23.1 Å². The zero-order chi connectivity index (χ0) is 19.2. The highest BCUT2D eigenvalue weighted by Crippen LogP contribution is 2.19. The summed E-state index contributed by atoms with van der Waals surface area (Å²) in [5, 5.41) is 15.9. The van der Waals surface area contributed by atoms with Crippen LogP contribution in [0.5, 0.6) is 0 Å². The highest BCUT2D eigenvalue weighted by Gasteiger charge is 2.12. The van der Waals surface area contributed by atoms with Crippen LogP contribution in [-0.2, 0) is 12.8 Å². The van der Waals surface area contributed by atoms with Gasteiger partial charge in [0.2, 0.25) is 0 Å². The van der Waals surface area contributed by atoms with Crippen molar-refractivity contribution in [2.45, 2.75) is 26.2 Å². The van der Waals surface area contributed by atoms with Crippen LogP contribution in [-0.4, -0.2) is 38.7 Å². The molecule has 0 unspecified atom stereocenters. The first kappa shape index (κ1) is 18.3. The van der Waals surface area contributed by atoms with Crippen LogP contribution in [0.4, 0.5) is 11.6 Å².